The number of nitrogens with two attached hydrogens (primary N) is 1. The van der Waals surface area contributed by atoms with E-state index in [-0.39, 0.29) is 11.9 Å². The first-order valence-electron chi connectivity index (χ1n) is 6.22. The summed E-state index contributed by atoms with van der Waals surface area (Å²) in [6.45, 7) is 4.66. The fourth-order valence-electron chi connectivity index (χ4n) is 1.65. The van der Waals surface area contributed by atoms with E-state index in [0.717, 1.165) is 12.8 Å². The van der Waals surface area contributed by atoms with Crippen molar-refractivity contribution in [2.24, 2.45) is 5.73 Å². The summed E-state index contributed by atoms with van der Waals surface area (Å²) in [6.07, 6.45) is 2.33. The van der Waals surface area contributed by atoms with Gasteiger partial charge in [0.2, 0.25) is 5.91 Å². The van der Waals surface area contributed by atoms with E-state index in [2.05, 4.69) is 36.5 Å². The van der Waals surface area contributed by atoms with Crippen LogP contribution in [0.1, 0.15) is 31.4 Å². The van der Waals surface area contributed by atoms with Crippen molar-refractivity contribution in [2.45, 2.75) is 39.2 Å². The summed E-state index contributed by atoms with van der Waals surface area (Å²) in [5.41, 5.74) is 8.14. The molecule has 1 aromatic carbocycles. The fourth-order valence-corrected chi connectivity index (χ4v) is 1.65. The topological polar surface area (TPSA) is 55.1 Å². The van der Waals surface area contributed by atoms with Gasteiger partial charge in [0.05, 0.1) is 0 Å². The van der Waals surface area contributed by atoms with Crippen molar-refractivity contribution in [1.82, 2.24) is 5.32 Å². The molecular weight excluding hydrogens is 212 g/mol. The molecule has 3 heteroatoms. The number of hydrogen-bond donors (Lipinski definition) is 2. The average Bonchev–Trinajstić information content (AvgIpc) is 2.29. The zero-order chi connectivity index (χ0) is 12.7. The van der Waals surface area contributed by atoms with Gasteiger partial charge in [0.25, 0.3) is 0 Å². The second-order valence-electron chi connectivity index (χ2n) is 4.45. The number of carbonyl (C=O) groups excluding carboxylic acids is 1. The predicted molar refractivity (Wildman–Crippen MR) is 70.8 cm³/mol. The van der Waals surface area contributed by atoms with Crippen molar-refractivity contribution < 1.29 is 4.79 Å². The Hall–Kier alpha value is -1.35. The molecule has 1 rings (SSSR count). The third-order valence-corrected chi connectivity index (χ3v) is 2.67. The normalized spacial score (nSPS) is 12.2. The number of benzene rings is 1. The van der Waals surface area contributed by atoms with E-state index in [1.807, 2.05) is 6.92 Å². The molecule has 0 bridgehead atoms. The lowest BCUT2D eigenvalue weighted by atomic mass is 10.1. The Morgan fingerprint density at radius 1 is 1.29 bits per heavy atom. The van der Waals surface area contributed by atoms with E-state index >= 15 is 0 Å². The fraction of sp³-hybridized carbons (Fsp3) is 0.500. The molecule has 0 radical (unpaired) electrons. The molecule has 0 fully saturated rings. The average molecular weight is 234 g/mol. The van der Waals surface area contributed by atoms with Crippen LogP contribution in [0.3, 0.4) is 0 Å². The van der Waals surface area contributed by atoms with E-state index in [9.17, 15) is 4.79 Å². The summed E-state index contributed by atoms with van der Waals surface area (Å²) in [5, 5.41) is 2.87. The monoisotopic (exact) mass is 234 g/mol. The van der Waals surface area contributed by atoms with Crippen molar-refractivity contribution >= 4 is 5.91 Å². The molecule has 1 aromatic rings. The SMILES string of the molecule is CCc1ccc(CCNC(=O)CC(C)N)cc1. The quantitative estimate of drug-likeness (QED) is 0.786. The first-order valence-corrected chi connectivity index (χ1v) is 6.22. The summed E-state index contributed by atoms with van der Waals surface area (Å²) < 4.78 is 0. The Labute approximate surface area is 103 Å². The minimum atomic E-state index is -0.0705. The van der Waals surface area contributed by atoms with Gasteiger partial charge in [-0.05, 0) is 30.9 Å². The van der Waals surface area contributed by atoms with Crippen molar-refractivity contribution in [3.8, 4) is 0 Å². The van der Waals surface area contributed by atoms with Gasteiger partial charge in [0, 0.05) is 19.0 Å². The molecule has 3 nitrogen and oxygen atoms in total. The van der Waals surface area contributed by atoms with Crippen LogP contribution in [-0.4, -0.2) is 18.5 Å². The summed E-state index contributed by atoms with van der Waals surface area (Å²) in [7, 11) is 0. The number of carbonyl (C=O) groups is 1. The Kier molecular flexibility index (Phi) is 5.70. The molecule has 0 aliphatic rings. The van der Waals surface area contributed by atoms with Crippen LogP contribution >= 0.6 is 0 Å². The second kappa shape index (κ2) is 7.07. The maximum atomic E-state index is 11.4. The smallest absolute Gasteiger partial charge is 0.221 e. The van der Waals surface area contributed by atoms with E-state index in [1.54, 1.807) is 0 Å². The van der Waals surface area contributed by atoms with Gasteiger partial charge in [-0.1, -0.05) is 31.2 Å². The molecular formula is C14H22N2O. The van der Waals surface area contributed by atoms with E-state index < -0.39 is 0 Å². The van der Waals surface area contributed by atoms with Crippen LogP contribution in [0.2, 0.25) is 0 Å². The highest BCUT2D eigenvalue weighted by Gasteiger charge is 2.03. The maximum absolute atomic E-state index is 11.4. The largest absolute Gasteiger partial charge is 0.356 e. The number of nitrogens with one attached hydrogen (secondary N) is 1. The van der Waals surface area contributed by atoms with Crippen molar-refractivity contribution in [2.75, 3.05) is 6.54 Å². The van der Waals surface area contributed by atoms with Gasteiger partial charge in [0.1, 0.15) is 0 Å². The molecule has 0 saturated heterocycles. The standard InChI is InChI=1S/C14H22N2O/c1-3-12-4-6-13(7-5-12)8-9-16-14(17)10-11(2)15/h4-7,11H,3,8-10,15H2,1-2H3,(H,16,17). The van der Waals surface area contributed by atoms with Crippen LogP contribution < -0.4 is 11.1 Å². The number of aryl methyl sites for hydroxylation is 1. The van der Waals surface area contributed by atoms with Crippen LogP contribution in [0.4, 0.5) is 0 Å². The molecule has 0 aliphatic carbocycles. The maximum Gasteiger partial charge on any atom is 0.221 e. The number of hydrogen-bond acceptors (Lipinski definition) is 2. The zero-order valence-corrected chi connectivity index (χ0v) is 10.7. The van der Waals surface area contributed by atoms with Crippen molar-refractivity contribution in [3.05, 3.63) is 35.4 Å². The van der Waals surface area contributed by atoms with Gasteiger partial charge >= 0.3 is 0 Å². The number of rotatable bonds is 6. The molecule has 94 valence electrons. The Morgan fingerprint density at radius 3 is 2.41 bits per heavy atom. The Bertz CT molecular complexity index is 344. The van der Waals surface area contributed by atoms with Gasteiger partial charge in [-0.15, -0.1) is 0 Å². The Balaban J connectivity index is 2.28. The molecule has 0 heterocycles. The molecule has 1 atom stereocenters. The summed E-state index contributed by atoms with van der Waals surface area (Å²) >= 11 is 0. The molecule has 0 saturated carbocycles. The van der Waals surface area contributed by atoms with Crippen LogP contribution in [0, 0.1) is 0 Å². The van der Waals surface area contributed by atoms with Gasteiger partial charge in [-0.3, -0.25) is 4.79 Å². The molecule has 0 spiro atoms. The van der Waals surface area contributed by atoms with Crippen molar-refractivity contribution in [3.63, 3.8) is 0 Å². The molecule has 3 N–H and O–H groups in total. The second-order valence-corrected chi connectivity index (χ2v) is 4.45. The van der Waals surface area contributed by atoms with Crippen LogP contribution in [0.5, 0.6) is 0 Å². The molecule has 17 heavy (non-hydrogen) atoms. The zero-order valence-electron chi connectivity index (χ0n) is 10.7. The third kappa shape index (κ3) is 5.50. The molecule has 1 unspecified atom stereocenters. The minimum absolute atomic E-state index is 0.0326. The first kappa shape index (κ1) is 13.7. The van der Waals surface area contributed by atoms with Gasteiger partial charge in [-0.2, -0.15) is 0 Å². The third-order valence-electron chi connectivity index (χ3n) is 2.67. The summed E-state index contributed by atoms with van der Waals surface area (Å²) in [6, 6.07) is 8.45. The molecule has 0 aromatic heterocycles. The van der Waals surface area contributed by atoms with Gasteiger partial charge < -0.3 is 11.1 Å². The van der Waals surface area contributed by atoms with Crippen LogP contribution in [0.25, 0.3) is 0 Å². The van der Waals surface area contributed by atoms with Crippen molar-refractivity contribution in [1.29, 1.82) is 0 Å². The number of amides is 1. The van der Waals surface area contributed by atoms with Crippen LogP contribution in [0.15, 0.2) is 24.3 Å². The van der Waals surface area contributed by atoms with Gasteiger partial charge in [-0.25, -0.2) is 0 Å². The highest BCUT2D eigenvalue weighted by molar-refractivity contribution is 5.76. The predicted octanol–water partition coefficient (Wildman–Crippen LogP) is 1.64. The highest BCUT2D eigenvalue weighted by atomic mass is 16.1. The lowest BCUT2D eigenvalue weighted by Gasteiger charge is -2.07. The van der Waals surface area contributed by atoms with E-state index in [4.69, 9.17) is 5.73 Å². The summed E-state index contributed by atoms with van der Waals surface area (Å²) in [4.78, 5) is 11.4. The highest BCUT2D eigenvalue weighted by Crippen LogP contribution is 2.05. The first-order chi connectivity index (χ1) is 8.11. The summed E-state index contributed by atoms with van der Waals surface area (Å²) in [5.74, 6) is 0.0326. The van der Waals surface area contributed by atoms with Gasteiger partial charge in [0.15, 0.2) is 0 Å². The molecule has 0 aliphatic heterocycles. The molecule has 1 amide bonds. The Morgan fingerprint density at radius 2 is 1.88 bits per heavy atom. The van der Waals surface area contributed by atoms with E-state index in [0.29, 0.717) is 13.0 Å². The van der Waals surface area contributed by atoms with Crippen LogP contribution in [-0.2, 0) is 17.6 Å². The lowest BCUT2D eigenvalue weighted by molar-refractivity contribution is -0.121. The minimum Gasteiger partial charge on any atom is -0.356 e. The lowest BCUT2D eigenvalue weighted by Crippen LogP contribution is -2.31. The van der Waals surface area contributed by atoms with E-state index in [1.165, 1.54) is 11.1 Å².